The van der Waals surface area contributed by atoms with E-state index in [4.69, 9.17) is 0 Å². The Morgan fingerprint density at radius 1 is 0.818 bits per heavy atom. The molecule has 122 valence electrons. The summed E-state index contributed by atoms with van der Waals surface area (Å²) in [4.78, 5) is 0. The minimum absolute atomic E-state index is 0.458. The number of alkyl halides is 1. The van der Waals surface area contributed by atoms with Crippen LogP contribution in [-0.2, 0) is 9.90 Å². The van der Waals surface area contributed by atoms with E-state index in [1.165, 1.54) is 75.1 Å². The molecule has 0 bridgehead atoms. The van der Waals surface area contributed by atoms with Crippen molar-refractivity contribution in [1.29, 1.82) is 0 Å². The topological polar surface area (TPSA) is 17.1 Å². The molecule has 1 aromatic rings. The highest BCUT2D eigenvalue weighted by Crippen LogP contribution is 2.61. The van der Waals surface area contributed by atoms with Crippen LogP contribution >= 0.6 is 23.1 Å². The first-order valence-corrected chi connectivity index (χ1v) is 12.0. The SMILES string of the molecule is O=P(c1ccc(CBr)cc1)(C1CCCCC1)C1CCCCC1. The standard InChI is InChI=1S/C19H28BrOP/c20-15-16-11-13-19(14-12-16)22(21,17-7-3-1-4-8-17)18-9-5-2-6-10-18/h11-14,17-18H,1-10,15H2. The predicted octanol–water partition coefficient (Wildman–Crippen LogP) is 6.24. The van der Waals surface area contributed by atoms with Crippen LogP contribution in [0.25, 0.3) is 0 Å². The summed E-state index contributed by atoms with van der Waals surface area (Å²) in [5.41, 5.74) is 2.20. The second-order valence-corrected chi connectivity index (χ2v) is 11.0. The van der Waals surface area contributed by atoms with Gasteiger partial charge in [-0.2, -0.15) is 0 Å². The number of benzene rings is 1. The zero-order valence-electron chi connectivity index (χ0n) is 13.5. The molecule has 2 saturated carbocycles. The van der Waals surface area contributed by atoms with Crippen molar-refractivity contribution in [1.82, 2.24) is 0 Å². The second-order valence-electron chi connectivity index (χ2n) is 7.09. The van der Waals surface area contributed by atoms with Gasteiger partial charge in [-0.3, -0.25) is 0 Å². The fourth-order valence-electron chi connectivity index (χ4n) is 4.47. The van der Waals surface area contributed by atoms with Gasteiger partial charge in [0.05, 0.1) is 0 Å². The summed E-state index contributed by atoms with van der Waals surface area (Å²) >= 11 is 3.52. The highest BCUT2D eigenvalue weighted by atomic mass is 79.9. The normalized spacial score (nSPS) is 21.9. The molecule has 0 spiro atoms. The Balaban J connectivity index is 1.94. The molecule has 2 fully saturated rings. The van der Waals surface area contributed by atoms with E-state index < -0.39 is 7.14 Å². The van der Waals surface area contributed by atoms with Gasteiger partial charge in [-0.1, -0.05) is 78.7 Å². The minimum atomic E-state index is -2.27. The first-order chi connectivity index (χ1) is 10.7. The van der Waals surface area contributed by atoms with Crippen molar-refractivity contribution < 1.29 is 4.57 Å². The molecule has 0 amide bonds. The number of hydrogen-bond donors (Lipinski definition) is 0. The monoisotopic (exact) mass is 382 g/mol. The van der Waals surface area contributed by atoms with E-state index in [1.807, 2.05) is 0 Å². The lowest BCUT2D eigenvalue weighted by atomic mass is 9.99. The molecule has 0 atom stereocenters. The Hall–Kier alpha value is -0.0700. The molecule has 3 rings (SSSR count). The van der Waals surface area contributed by atoms with Gasteiger partial charge in [0.1, 0.15) is 7.14 Å². The Morgan fingerprint density at radius 3 is 1.68 bits per heavy atom. The van der Waals surface area contributed by atoms with E-state index in [2.05, 4.69) is 40.2 Å². The van der Waals surface area contributed by atoms with Gasteiger partial charge < -0.3 is 4.57 Å². The molecule has 0 N–H and O–H groups in total. The fraction of sp³-hybridized carbons (Fsp3) is 0.684. The second kappa shape index (κ2) is 7.67. The molecule has 1 aromatic carbocycles. The van der Waals surface area contributed by atoms with E-state index in [0.717, 1.165) is 5.33 Å². The van der Waals surface area contributed by atoms with E-state index >= 15 is 0 Å². The van der Waals surface area contributed by atoms with Gasteiger partial charge in [0.2, 0.25) is 0 Å². The molecule has 1 nitrogen and oxygen atoms in total. The number of hydrogen-bond acceptors (Lipinski definition) is 1. The average Bonchev–Trinajstić information content (AvgIpc) is 2.62. The minimum Gasteiger partial charge on any atom is -0.318 e. The molecule has 0 unspecified atom stereocenters. The average molecular weight is 383 g/mol. The van der Waals surface area contributed by atoms with Crippen molar-refractivity contribution in [2.45, 2.75) is 80.9 Å². The van der Waals surface area contributed by atoms with Crippen molar-refractivity contribution in [3.05, 3.63) is 29.8 Å². The molecular formula is C19H28BrOP. The van der Waals surface area contributed by atoms with Crippen molar-refractivity contribution >= 4 is 28.4 Å². The molecule has 2 aliphatic carbocycles. The van der Waals surface area contributed by atoms with Crippen LogP contribution in [0.4, 0.5) is 0 Å². The summed E-state index contributed by atoms with van der Waals surface area (Å²) in [6.45, 7) is 0. The van der Waals surface area contributed by atoms with Gasteiger partial charge >= 0.3 is 0 Å². The lowest BCUT2D eigenvalue weighted by Gasteiger charge is -2.38. The van der Waals surface area contributed by atoms with Crippen LogP contribution in [0.2, 0.25) is 0 Å². The Labute approximate surface area is 143 Å². The highest BCUT2D eigenvalue weighted by Gasteiger charge is 2.42. The third-order valence-electron chi connectivity index (χ3n) is 5.73. The molecule has 0 radical (unpaired) electrons. The van der Waals surface area contributed by atoms with Crippen molar-refractivity contribution in [2.75, 3.05) is 0 Å². The molecular weight excluding hydrogens is 355 g/mol. The van der Waals surface area contributed by atoms with Crippen LogP contribution in [0.15, 0.2) is 24.3 Å². The molecule has 0 saturated heterocycles. The van der Waals surface area contributed by atoms with Crippen LogP contribution in [0.3, 0.4) is 0 Å². The van der Waals surface area contributed by atoms with Crippen LogP contribution in [0.5, 0.6) is 0 Å². The summed E-state index contributed by atoms with van der Waals surface area (Å²) in [6, 6.07) is 8.70. The first-order valence-electron chi connectivity index (χ1n) is 9.00. The van der Waals surface area contributed by atoms with Gasteiger partial charge in [0, 0.05) is 22.0 Å². The zero-order chi connectivity index (χ0) is 15.4. The zero-order valence-corrected chi connectivity index (χ0v) is 16.0. The molecule has 0 aromatic heterocycles. The molecule has 2 aliphatic rings. The van der Waals surface area contributed by atoms with Crippen molar-refractivity contribution in [2.24, 2.45) is 0 Å². The smallest absolute Gasteiger partial charge is 0.121 e. The van der Waals surface area contributed by atoms with Crippen molar-refractivity contribution in [3.63, 3.8) is 0 Å². The van der Waals surface area contributed by atoms with E-state index in [1.54, 1.807) is 0 Å². The first kappa shape index (κ1) is 16.8. The van der Waals surface area contributed by atoms with Crippen LogP contribution in [-0.4, -0.2) is 11.3 Å². The Morgan fingerprint density at radius 2 is 1.27 bits per heavy atom. The largest absolute Gasteiger partial charge is 0.318 e. The predicted molar refractivity (Wildman–Crippen MR) is 100 cm³/mol. The van der Waals surface area contributed by atoms with Crippen LogP contribution in [0.1, 0.15) is 69.8 Å². The maximum atomic E-state index is 14.3. The van der Waals surface area contributed by atoms with Gasteiger partial charge in [-0.25, -0.2) is 0 Å². The summed E-state index contributed by atoms with van der Waals surface area (Å²) in [7, 11) is -2.27. The number of rotatable bonds is 4. The van der Waals surface area contributed by atoms with Crippen LogP contribution in [0, 0.1) is 0 Å². The summed E-state index contributed by atoms with van der Waals surface area (Å²) in [5.74, 6) is 0. The van der Waals surface area contributed by atoms with Gasteiger partial charge in [-0.05, 0) is 31.2 Å². The van der Waals surface area contributed by atoms with E-state index in [9.17, 15) is 4.57 Å². The van der Waals surface area contributed by atoms with Crippen molar-refractivity contribution in [3.8, 4) is 0 Å². The van der Waals surface area contributed by atoms with E-state index in [0.29, 0.717) is 11.3 Å². The summed E-state index contributed by atoms with van der Waals surface area (Å²) in [6.07, 6.45) is 12.5. The molecule has 22 heavy (non-hydrogen) atoms. The highest BCUT2D eigenvalue weighted by molar-refractivity contribution is 9.08. The maximum absolute atomic E-state index is 14.3. The fourth-order valence-corrected chi connectivity index (χ4v) is 9.16. The van der Waals surface area contributed by atoms with Gasteiger partial charge in [0.25, 0.3) is 0 Å². The number of halogens is 1. The third-order valence-corrected chi connectivity index (χ3v) is 10.7. The Kier molecular flexibility index (Phi) is 5.85. The quantitative estimate of drug-likeness (QED) is 0.445. The molecule has 0 heterocycles. The Bertz CT molecular complexity index is 491. The summed E-state index contributed by atoms with van der Waals surface area (Å²) in [5, 5.41) is 2.06. The lowest BCUT2D eigenvalue weighted by Crippen LogP contribution is -2.29. The summed E-state index contributed by atoms with van der Waals surface area (Å²) < 4.78 is 14.3. The van der Waals surface area contributed by atoms with Gasteiger partial charge in [-0.15, -0.1) is 0 Å². The molecule has 3 heteroatoms. The molecule has 0 aliphatic heterocycles. The maximum Gasteiger partial charge on any atom is 0.121 e. The van der Waals surface area contributed by atoms with Crippen LogP contribution < -0.4 is 5.30 Å². The van der Waals surface area contributed by atoms with E-state index in [-0.39, 0.29) is 0 Å². The van der Waals surface area contributed by atoms with Gasteiger partial charge in [0.15, 0.2) is 0 Å². The lowest BCUT2D eigenvalue weighted by molar-refractivity contribution is 0.453. The third kappa shape index (κ3) is 3.39.